The summed E-state index contributed by atoms with van der Waals surface area (Å²) in [6, 6.07) is 0. The van der Waals surface area contributed by atoms with Gasteiger partial charge in [-0.3, -0.25) is 4.98 Å². The SMILES string of the molecule is Clc1nc2cncc(Br)c2s1. The highest BCUT2D eigenvalue weighted by Crippen LogP contribution is 2.30. The first-order chi connectivity index (χ1) is 5.27. The van der Waals surface area contributed by atoms with Crippen LogP contribution in [0, 0.1) is 0 Å². The lowest BCUT2D eigenvalue weighted by atomic mass is 10.5. The van der Waals surface area contributed by atoms with Crippen LogP contribution in [0.25, 0.3) is 10.2 Å². The van der Waals surface area contributed by atoms with E-state index in [1.807, 2.05) is 0 Å². The van der Waals surface area contributed by atoms with Crippen molar-refractivity contribution in [1.82, 2.24) is 9.97 Å². The van der Waals surface area contributed by atoms with Crippen molar-refractivity contribution in [3.63, 3.8) is 0 Å². The van der Waals surface area contributed by atoms with Gasteiger partial charge in [-0.05, 0) is 15.9 Å². The Hall–Kier alpha value is -0.190. The molecule has 56 valence electrons. The summed E-state index contributed by atoms with van der Waals surface area (Å²) in [4.78, 5) is 8.03. The molecule has 2 nitrogen and oxygen atoms in total. The van der Waals surface area contributed by atoms with Crippen LogP contribution in [0.4, 0.5) is 0 Å². The number of hydrogen-bond acceptors (Lipinski definition) is 3. The Morgan fingerprint density at radius 3 is 3.00 bits per heavy atom. The van der Waals surface area contributed by atoms with E-state index in [2.05, 4.69) is 25.9 Å². The fourth-order valence-corrected chi connectivity index (χ4v) is 2.35. The van der Waals surface area contributed by atoms with Crippen LogP contribution in [0.1, 0.15) is 0 Å². The number of halogens is 2. The molecule has 2 rings (SSSR count). The summed E-state index contributed by atoms with van der Waals surface area (Å²) >= 11 is 10.5. The predicted octanol–water partition coefficient (Wildman–Crippen LogP) is 3.11. The standard InChI is InChI=1S/C6H2BrClN2S/c7-3-1-9-2-4-5(3)11-6(8)10-4/h1-2H. The lowest BCUT2D eigenvalue weighted by Gasteiger charge is -1.87. The minimum absolute atomic E-state index is 0.550. The van der Waals surface area contributed by atoms with E-state index in [1.165, 1.54) is 11.3 Å². The van der Waals surface area contributed by atoms with Gasteiger partial charge >= 0.3 is 0 Å². The third kappa shape index (κ3) is 1.26. The van der Waals surface area contributed by atoms with Gasteiger partial charge in [-0.15, -0.1) is 11.3 Å². The molecule has 5 heteroatoms. The minimum Gasteiger partial charge on any atom is -0.261 e. The number of aromatic nitrogens is 2. The zero-order chi connectivity index (χ0) is 7.84. The number of rotatable bonds is 0. The lowest BCUT2D eigenvalue weighted by molar-refractivity contribution is 1.33. The van der Waals surface area contributed by atoms with Gasteiger partial charge in [-0.1, -0.05) is 11.6 Å². The molecule has 0 fully saturated rings. The number of fused-ring (bicyclic) bond motifs is 1. The van der Waals surface area contributed by atoms with Crippen LogP contribution in [0.2, 0.25) is 4.47 Å². The van der Waals surface area contributed by atoms with Gasteiger partial charge in [-0.25, -0.2) is 4.98 Å². The van der Waals surface area contributed by atoms with Gasteiger partial charge in [0.1, 0.15) is 5.52 Å². The van der Waals surface area contributed by atoms with E-state index in [9.17, 15) is 0 Å². The molecule has 11 heavy (non-hydrogen) atoms. The second-order valence-corrected chi connectivity index (χ2v) is 4.37. The molecular weight excluding hydrogens is 248 g/mol. The molecule has 0 N–H and O–H groups in total. The Bertz CT molecular complexity index is 400. The van der Waals surface area contributed by atoms with E-state index in [4.69, 9.17) is 11.6 Å². The molecule has 0 aliphatic carbocycles. The maximum Gasteiger partial charge on any atom is 0.184 e. The Morgan fingerprint density at radius 2 is 2.27 bits per heavy atom. The van der Waals surface area contributed by atoms with Crippen molar-refractivity contribution in [3.05, 3.63) is 21.3 Å². The van der Waals surface area contributed by atoms with Crippen LogP contribution >= 0.6 is 38.9 Å². The van der Waals surface area contributed by atoms with Gasteiger partial charge in [0.2, 0.25) is 0 Å². The predicted molar refractivity (Wildman–Crippen MR) is 50.1 cm³/mol. The zero-order valence-electron chi connectivity index (χ0n) is 5.21. The molecule has 0 aliphatic rings. The van der Waals surface area contributed by atoms with E-state index < -0.39 is 0 Å². The minimum atomic E-state index is 0.550. The summed E-state index contributed by atoms with van der Waals surface area (Å²) in [5, 5.41) is 0. The summed E-state index contributed by atoms with van der Waals surface area (Å²) in [6.07, 6.45) is 3.43. The van der Waals surface area contributed by atoms with Crippen LogP contribution < -0.4 is 0 Å². The van der Waals surface area contributed by atoms with Crippen molar-refractivity contribution in [1.29, 1.82) is 0 Å². The molecule has 0 aliphatic heterocycles. The van der Waals surface area contributed by atoms with Gasteiger partial charge in [0.15, 0.2) is 4.47 Å². The van der Waals surface area contributed by atoms with E-state index in [1.54, 1.807) is 12.4 Å². The fourth-order valence-electron chi connectivity index (χ4n) is 0.795. The third-order valence-electron chi connectivity index (χ3n) is 1.23. The Morgan fingerprint density at radius 1 is 1.45 bits per heavy atom. The van der Waals surface area contributed by atoms with Crippen LogP contribution in [-0.2, 0) is 0 Å². The molecule has 0 saturated carbocycles. The highest BCUT2D eigenvalue weighted by Gasteiger charge is 2.03. The Balaban J connectivity index is 2.90. The number of nitrogens with zero attached hydrogens (tertiary/aromatic N) is 2. The van der Waals surface area contributed by atoms with Crippen molar-refractivity contribution in [2.75, 3.05) is 0 Å². The van der Waals surface area contributed by atoms with E-state index in [0.717, 1.165) is 14.7 Å². The summed E-state index contributed by atoms with van der Waals surface area (Å²) in [5.41, 5.74) is 0.842. The molecule has 0 aromatic carbocycles. The summed E-state index contributed by atoms with van der Waals surface area (Å²) in [6.45, 7) is 0. The number of hydrogen-bond donors (Lipinski definition) is 0. The normalized spacial score (nSPS) is 10.7. The molecule has 0 bridgehead atoms. The molecule has 0 radical (unpaired) electrons. The van der Waals surface area contributed by atoms with Crippen molar-refractivity contribution >= 4 is 49.1 Å². The van der Waals surface area contributed by atoms with Gasteiger partial charge < -0.3 is 0 Å². The van der Waals surface area contributed by atoms with Crippen molar-refractivity contribution < 1.29 is 0 Å². The third-order valence-corrected chi connectivity index (χ3v) is 3.30. The van der Waals surface area contributed by atoms with Crippen molar-refractivity contribution in [2.24, 2.45) is 0 Å². The number of pyridine rings is 1. The maximum atomic E-state index is 5.71. The summed E-state index contributed by atoms with van der Waals surface area (Å²) in [7, 11) is 0. The smallest absolute Gasteiger partial charge is 0.184 e. The first kappa shape index (κ1) is 7.46. The summed E-state index contributed by atoms with van der Waals surface area (Å²) in [5.74, 6) is 0. The topological polar surface area (TPSA) is 25.8 Å². The molecule has 0 spiro atoms. The van der Waals surface area contributed by atoms with Crippen LogP contribution in [0.15, 0.2) is 16.9 Å². The molecule has 2 aromatic heterocycles. The van der Waals surface area contributed by atoms with E-state index >= 15 is 0 Å². The average Bonchev–Trinajstić information content (AvgIpc) is 2.31. The molecule has 0 atom stereocenters. The zero-order valence-corrected chi connectivity index (χ0v) is 8.37. The first-order valence-corrected chi connectivity index (χ1v) is 4.81. The molecule has 0 saturated heterocycles. The highest BCUT2D eigenvalue weighted by atomic mass is 79.9. The molecule has 2 heterocycles. The monoisotopic (exact) mass is 248 g/mol. The average molecular weight is 250 g/mol. The Labute approximate surface area is 80.4 Å². The molecular formula is C6H2BrClN2S. The van der Waals surface area contributed by atoms with Gasteiger partial charge in [-0.2, -0.15) is 0 Å². The molecule has 0 amide bonds. The van der Waals surface area contributed by atoms with Crippen LogP contribution in [-0.4, -0.2) is 9.97 Å². The largest absolute Gasteiger partial charge is 0.261 e. The van der Waals surface area contributed by atoms with Crippen molar-refractivity contribution in [3.8, 4) is 0 Å². The fraction of sp³-hybridized carbons (Fsp3) is 0. The second-order valence-electron chi connectivity index (χ2n) is 1.94. The van der Waals surface area contributed by atoms with Gasteiger partial charge in [0.05, 0.1) is 15.4 Å². The summed E-state index contributed by atoms with van der Waals surface area (Å²) < 4.78 is 2.54. The van der Waals surface area contributed by atoms with Crippen molar-refractivity contribution in [2.45, 2.75) is 0 Å². The van der Waals surface area contributed by atoms with Crippen LogP contribution in [0.3, 0.4) is 0 Å². The molecule has 0 unspecified atom stereocenters. The van der Waals surface area contributed by atoms with Crippen LogP contribution in [0.5, 0.6) is 0 Å². The lowest BCUT2D eigenvalue weighted by Crippen LogP contribution is -1.72. The van der Waals surface area contributed by atoms with Gasteiger partial charge in [0, 0.05) is 6.20 Å². The second kappa shape index (κ2) is 2.69. The maximum absolute atomic E-state index is 5.71. The van der Waals surface area contributed by atoms with E-state index in [-0.39, 0.29) is 0 Å². The first-order valence-electron chi connectivity index (χ1n) is 2.83. The number of thiazole rings is 1. The highest BCUT2D eigenvalue weighted by molar-refractivity contribution is 9.10. The van der Waals surface area contributed by atoms with Gasteiger partial charge in [0.25, 0.3) is 0 Å². The van der Waals surface area contributed by atoms with E-state index in [0.29, 0.717) is 4.47 Å². The quantitative estimate of drug-likeness (QED) is 0.717. The Kier molecular flexibility index (Phi) is 1.83. The molecule has 2 aromatic rings.